The summed E-state index contributed by atoms with van der Waals surface area (Å²) in [5.41, 5.74) is 7.27. The van der Waals surface area contributed by atoms with E-state index in [1.54, 1.807) is 6.20 Å². The van der Waals surface area contributed by atoms with Crippen molar-refractivity contribution in [3.8, 4) is 0 Å². The summed E-state index contributed by atoms with van der Waals surface area (Å²) in [5, 5.41) is 4.08. The van der Waals surface area contributed by atoms with Gasteiger partial charge in [0.1, 0.15) is 0 Å². The van der Waals surface area contributed by atoms with Crippen molar-refractivity contribution in [3.05, 3.63) is 17.5 Å². The molecule has 1 aromatic rings. The van der Waals surface area contributed by atoms with E-state index in [2.05, 4.69) is 12.0 Å². The average molecular weight is 165 g/mol. The maximum absolute atomic E-state index is 10.7. The van der Waals surface area contributed by atoms with Crippen molar-refractivity contribution in [2.24, 2.45) is 11.7 Å². The van der Waals surface area contributed by atoms with E-state index in [1.807, 2.05) is 0 Å². The van der Waals surface area contributed by atoms with Crippen LogP contribution in [0.3, 0.4) is 0 Å². The molecule has 0 spiro atoms. The SMILES string of the molecule is CC1Cc2cn(C(N)=O)nc2C1. The number of carbonyl (C=O) groups excluding carboxylic acids is 1. The molecule has 1 atom stereocenters. The van der Waals surface area contributed by atoms with E-state index in [0.29, 0.717) is 5.92 Å². The lowest BCUT2D eigenvalue weighted by Crippen LogP contribution is -2.20. The standard InChI is InChI=1S/C8H11N3O/c1-5-2-6-4-11(8(9)12)10-7(6)3-5/h4-5H,2-3H2,1H3,(H2,9,12). The summed E-state index contributed by atoms with van der Waals surface area (Å²) in [4.78, 5) is 10.7. The number of fused-ring (bicyclic) bond motifs is 1. The Hall–Kier alpha value is -1.32. The fourth-order valence-electron chi connectivity index (χ4n) is 1.68. The normalized spacial score (nSPS) is 20.9. The molecule has 2 rings (SSSR count). The molecule has 1 aliphatic rings. The second-order valence-electron chi connectivity index (χ2n) is 3.40. The first-order valence-corrected chi connectivity index (χ1v) is 4.04. The number of primary amides is 1. The number of aromatic nitrogens is 2. The van der Waals surface area contributed by atoms with Crippen molar-refractivity contribution < 1.29 is 4.79 Å². The molecule has 0 radical (unpaired) electrons. The van der Waals surface area contributed by atoms with Crippen LogP contribution in [-0.4, -0.2) is 15.8 Å². The van der Waals surface area contributed by atoms with Gasteiger partial charge in [0, 0.05) is 6.20 Å². The lowest BCUT2D eigenvalue weighted by molar-refractivity contribution is 0.247. The van der Waals surface area contributed by atoms with E-state index in [0.717, 1.165) is 18.5 Å². The average Bonchev–Trinajstić information content (AvgIpc) is 2.42. The van der Waals surface area contributed by atoms with Crippen LogP contribution in [0.5, 0.6) is 0 Å². The van der Waals surface area contributed by atoms with Gasteiger partial charge >= 0.3 is 6.03 Å². The van der Waals surface area contributed by atoms with E-state index in [-0.39, 0.29) is 0 Å². The van der Waals surface area contributed by atoms with Gasteiger partial charge in [0.15, 0.2) is 0 Å². The molecular weight excluding hydrogens is 154 g/mol. The van der Waals surface area contributed by atoms with Gasteiger partial charge in [-0.25, -0.2) is 4.79 Å². The zero-order valence-electron chi connectivity index (χ0n) is 6.95. The quantitative estimate of drug-likeness (QED) is 0.610. The highest BCUT2D eigenvalue weighted by Gasteiger charge is 2.21. The van der Waals surface area contributed by atoms with E-state index in [1.165, 1.54) is 10.2 Å². The molecule has 1 unspecified atom stereocenters. The molecule has 4 heteroatoms. The van der Waals surface area contributed by atoms with Crippen LogP contribution in [0.15, 0.2) is 6.20 Å². The third-order valence-corrected chi connectivity index (χ3v) is 2.21. The van der Waals surface area contributed by atoms with Crippen LogP contribution < -0.4 is 5.73 Å². The molecule has 1 amide bonds. The minimum Gasteiger partial charge on any atom is -0.350 e. The number of nitrogens with two attached hydrogens (primary N) is 1. The summed E-state index contributed by atoms with van der Waals surface area (Å²) in [6.45, 7) is 2.18. The lowest BCUT2D eigenvalue weighted by Gasteiger charge is -1.97. The first kappa shape index (κ1) is 7.34. The van der Waals surface area contributed by atoms with Crippen molar-refractivity contribution in [1.82, 2.24) is 9.78 Å². The summed E-state index contributed by atoms with van der Waals surface area (Å²) in [6, 6.07) is -0.503. The Kier molecular flexibility index (Phi) is 1.43. The largest absolute Gasteiger partial charge is 0.350 e. The number of carbonyl (C=O) groups is 1. The van der Waals surface area contributed by atoms with E-state index < -0.39 is 6.03 Å². The van der Waals surface area contributed by atoms with Gasteiger partial charge in [0.05, 0.1) is 5.69 Å². The second-order valence-corrected chi connectivity index (χ2v) is 3.40. The molecule has 0 aliphatic heterocycles. The van der Waals surface area contributed by atoms with Crippen molar-refractivity contribution in [2.45, 2.75) is 19.8 Å². The van der Waals surface area contributed by atoms with Gasteiger partial charge in [-0.15, -0.1) is 0 Å². The zero-order valence-corrected chi connectivity index (χ0v) is 6.95. The third kappa shape index (κ3) is 0.995. The number of rotatable bonds is 0. The molecule has 0 aromatic carbocycles. The van der Waals surface area contributed by atoms with Crippen LogP contribution in [-0.2, 0) is 12.8 Å². The monoisotopic (exact) mass is 165 g/mol. The number of nitrogens with zero attached hydrogens (tertiary/aromatic N) is 2. The van der Waals surface area contributed by atoms with E-state index in [9.17, 15) is 4.79 Å². The zero-order chi connectivity index (χ0) is 8.72. The molecular formula is C8H11N3O. The minimum absolute atomic E-state index is 0.503. The topological polar surface area (TPSA) is 60.9 Å². The van der Waals surface area contributed by atoms with Gasteiger partial charge in [0.2, 0.25) is 0 Å². The summed E-state index contributed by atoms with van der Waals surface area (Å²) in [7, 11) is 0. The van der Waals surface area contributed by atoms with Gasteiger partial charge < -0.3 is 5.73 Å². The molecule has 12 heavy (non-hydrogen) atoms. The van der Waals surface area contributed by atoms with Crippen LogP contribution in [0.1, 0.15) is 18.2 Å². The molecule has 2 N–H and O–H groups in total. The fourth-order valence-corrected chi connectivity index (χ4v) is 1.68. The van der Waals surface area contributed by atoms with Gasteiger partial charge in [0.25, 0.3) is 0 Å². The Bertz CT molecular complexity index is 306. The molecule has 0 bridgehead atoms. The fraction of sp³-hybridized carbons (Fsp3) is 0.500. The van der Waals surface area contributed by atoms with Gasteiger partial charge in [-0.3, -0.25) is 0 Å². The smallest absolute Gasteiger partial charge is 0.339 e. The Balaban J connectivity index is 2.34. The van der Waals surface area contributed by atoms with Crippen LogP contribution in [0.4, 0.5) is 4.79 Å². The summed E-state index contributed by atoms with van der Waals surface area (Å²) in [5.74, 6) is 0.657. The molecule has 4 nitrogen and oxygen atoms in total. The molecule has 1 aliphatic carbocycles. The Morgan fingerprint density at radius 1 is 1.75 bits per heavy atom. The third-order valence-electron chi connectivity index (χ3n) is 2.21. The summed E-state index contributed by atoms with van der Waals surface area (Å²) < 4.78 is 1.22. The van der Waals surface area contributed by atoms with Crippen molar-refractivity contribution in [1.29, 1.82) is 0 Å². The maximum atomic E-state index is 10.7. The van der Waals surface area contributed by atoms with Gasteiger partial charge in [-0.1, -0.05) is 6.92 Å². The molecule has 1 aromatic heterocycles. The van der Waals surface area contributed by atoms with Crippen molar-refractivity contribution in [2.75, 3.05) is 0 Å². The first-order chi connectivity index (χ1) is 5.66. The minimum atomic E-state index is -0.503. The molecule has 0 saturated heterocycles. The number of hydrogen-bond donors (Lipinski definition) is 1. The highest BCUT2D eigenvalue weighted by atomic mass is 16.2. The number of amides is 1. The van der Waals surface area contributed by atoms with Crippen LogP contribution >= 0.6 is 0 Å². The predicted molar refractivity (Wildman–Crippen MR) is 43.8 cm³/mol. The second kappa shape index (κ2) is 2.33. The molecule has 64 valence electrons. The van der Waals surface area contributed by atoms with Gasteiger partial charge in [-0.2, -0.15) is 9.78 Å². The van der Waals surface area contributed by atoms with E-state index >= 15 is 0 Å². The molecule has 1 heterocycles. The maximum Gasteiger partial charge on any atom is 0.339 e. The Morgan fingerprint density at radius 2 is 2.50 bits per heavy atom. The van der Waals surface area contributed by atoms with Crippen molar-refractivity contribution in [3.63, 3.8) is 0 Å². The van der Waals surface area contributed by atoms with Crippen LogP contribution in [0.25, 0.3) is 0 Å². The van der Waals surface area contributed by atoms with Crippen molar-refractivity contribution >= 4 is 6.03 Å². The molecule has 0 saturated carbocycles. The molecule has 0 fully saturated rings. The first-order valence-electron chi connectivity index (χ1n) is 4.04. The number of hydrogen-bond acceptors (Lipinski definition) is 2. The van der Waals surface area contributed by atoms with E-state index in [4.69, 9.17) is 5.73 Å². The highest BCUT2D eigenvalue weighted by Crippen LogP contribution is 2.24. The Labute approximate surface area is 70.4 Å². The lowest BCUT2D eigenvalue weighted by atomic mass is 10.1. The van der Waals surface area contributed by atoms with Crippen LogP contribution in [0, 0.1) is 5.92 Å². The van der Waals surface area contributed by atoms with Gasteiger partial charge in [-0.05, 0) is 24.3 Å². The highest BCUT2D eigenvalue weighted by molar-refractivity contribution is 5.73. The summed E-state index contributed by atoms with van der Waals surface area (Å²) in [6.07, 6.45) is 3.72. The predicted octanol–water partition coefficient (Wildman–Crippen LogP) is 0.545. The summed E-state index contributed by atoms with van der Waals surface area (Å²) >= 11 is 0. The Morgan fingerprint density at radius 3 is 3.08 bits per heavy atom. The van der Waals surface area contributed by atoms with Crippen LogP contribution in [0.2, 0.25) is 0 Å².